The maximum atomic E-state index is 15.2. The summed E-state index contributed by atoms with van der Waals surface area (Å²) >= 11 is 0.837. The summed E-state index contributed by atoms with van der Waals surface area (Å²) in [5.74, 6) is -15.9. The van der Waals surface area contributed by atoms with Crippen LogP contribution in [0.1, 0.15) is 131 Å². The Morgan fingerprint density at radius 1 is 0.517 bits per heavy atom. The molecule has 2 aliphatic rings. The number of fused-ring (bicyclic) bond motifs is 1. The van der Waals surface area contributed by atoms with Gasteiger partial charge in [0, 0.05) is 51.2 Å². The zero-order valence-electron chi connectivity index (χ0n) is 69.1. The third-order valence-corrected chi connectivity index (χ3v) is 21.4. The molecule has 2 fully saturated rings. The highest BCUT2D eigenvalue weighted by molar-refractivity contribution is 8.00. The van der Waals surface area contributed by atoms with Crippen molar-refractivity contribution in [2.24, 2.45) is 17.4 Å². The highest BCUT2D eigenvalue weighted by Crippen LogP contribution is 2.23. The number of nitrogens with two attached hydrogens (primary N) is 2. The topological polar surface area (TPSA) is 499 Å². The second kappa shape index (κ2) is 46.0. The van der Waals surface area contributed by atoms with E-state index in [-0.39, 0.29) is 56.4 Å². The van der Waals surface area contributed by atoms with Gasteiger partial charge in [-0.1, -0.05) is 136 Å². The number of benzene rings is 4. The Hall–Kier alpha value is -11.3. The van der Waals surface area contributed by atoms with Crippen molar-refractivity contribution in [3.05, 3.63) is 132 Å². The average Bonchev–Trinajstić information content (AvgIpc) is 1.67. The Bertz CT molecular complexity index is 4160. The van der Waals surface area contributed by atoms with E-state index in [1.54, 1.807) is 86.6 Å². The van der Waals surface area contributed by atoms with Gasteiger partial charge in [0.25, 0.3) is 0 Å². The number of primary amides is 2. The number of unbranched alkanes of at least 4 members (excludes halogenated alkanes) is 1. The molecule has 2 heterocycles. The van der Waals surface area contributed by atoms with E-state index in [2.05, 4.69) is 63.8 Å². The van der Waals surface area contributed by atoms with Crippen molar-refractivity contribution in [1.82, 2.24) is 78.5 Å². The number of hydrogen-bond donors (Lipinski definition) is 15. The average molecular weight is 1660 g/mol. The number of carbonyl (C=O) groups is 16. The van der Waals surface area contributed by atoms with E-state index < -0.39 is 204 Å². The van der Waals surface area contributed by atoms with E-state index in [1.807, 2.05) is 63.2 Å². The minimum absolute atomic E-state index is 0.0341. The van der Waals surface area contributed by atoms with Crippen LogP contribution in [0.4, 0.5) is 0 Å². The van der Waals surface area contributed by atoms with Crippen molar-refractivity contribution < 1.29 is 81.8 Å². The summed E-state index contributed by atoms with van der Waals surface area (Å²) in [7, 11) is 2.63. The molecule has 0 saturated carbocycles. The highest BCUT2D eigenvalue weighted by atomic mass is 32.2. The van der Waals surface area contributed by atoms with Gasteiger partial charge in [0.15, 0.2) is 0 Å². The van der Waals surface area contributed by atoms with Crippen LogP contribution in [0.2, 0.25) is 0 Å². The lowest BCUT2D eigenvalue weighted by atomic mass is 9.99. The van der Waals surface area contributed by atoms with Gasteiger partial charge in [0.2, 0.25) is 94.5 Å². The molecule has 0 unspecified atom stereocenters. The molecule has 16 amide bonds. The molecule has 0 aromatic heterocycles. The summed E-state index contributed by atoms with van der Waals surface area (Å²) in [5.41, 5.74) is 14.1. The monoisotopic (exact) mass is 1660 g/mol. The van der Waals surface area contributed by atoms with Gasteiger partial charge in [-0.15, -0.1) is 11.8 Å². The van der Waals surface area contributed by atoms with Crippen LogP contribution in [-0.2, 0) is 96.0 Å². The number of amides is 16. The number of nitrogens with zero attached hydrogens (tertiary/aromatic N) is 3. The van der Waals surface area contributed by atoms with E-state index in [9.17, 15) is 72.2 Å². The number of thioether (sulfide) groups is 1. The Morgan fingerprint density at radius 3 is 1.51 bits per heavy atom. The van der Waals surface area contributed by atoms with Crippen LogP contribution in [0.5, 0.6) is 0 Å². The molecule has 14 atom stereocenters. The maximum absolute atomic E-state index is 15.2. The Kier molecular flexibility index (Phi) is 37.2. The Labute approximate surface area is 692 Å². The van der Waals surface area contributed by atoms with Crippen LogP contribution in [0, 0.1) is 5.92 Å². The molecule has 4 aromatic rings. The molecule has 0 bridgehead atoms. The van der Waals surface area contributed by atoms with E-state index in [0.29, 0.717) is 42.5 Å². The zero-order valence-corrected chi connectivity index (χ0v) is 69.9. The summed E-state index contributed by atoms with van der Waals surface area (Å²) in [6.45, 7) is 15.8. The first-order valence-corrected chi connectivity index (χ1v) is 40.9. The Morgan fingerprint density at radius 2 is 0.983 bits per heavy atom. The fourth-order valence-electron chi connectivity index (χ4n) is 13.2. The molecule has 4 aromatic carbocycles. The van der Waals surface area contributed by atoms with Gasteiger partial charge < -0.3 is 95.1 Å². The standard InChI is InChI=1S/C83H117N17O17S/c1-13-57-73(108)97-69(51(7)101)79(114)94-62(41-53-28-19-15-20-29-53)82(117)99(12)50(6)71(106)93-61(42-54-34-36-56(37-35-54)55-30-21-16-22-31-55)81(116)98(11)49(5)70(105)91-58(32-23-24-38-87-83(8,9)10)74(109)88-48(4)80(115)100-39-25-33-64(100)77(112)95-63(72(107)86-44-66(85)103)45-118-46-67(104)89-59(40-52-26-17-14-18-27-52)76(111)96-68(47(2)3)78(113)92-60(43-65(84)102)75(110)90-57/h14-22,26-31,34-37,47-51,57-64,68-69,87,101H,13,23-25,32-33,38-46H2,1-12H3,(H2,84,102)(H2,85,103)(H,86,107)(H,88,109)(H,89,104)(H,90,110)(H,91,105)(H,92,113)(H,93,106)(H,94,114)(H,95,112)(H,96,111)(H,97,108)/t48-,49-,50-,51+,57-,58-,59-,60-,61-,62-,63-,64-,68-,69-/m0/s1. The molecule has 0 spiro atoms. The number of carbonyl (C=O) groups excluding carboxylic acids is 16. The minimum Gasteiger partial charge on any atom is -0.391 e. The van der Waals surface area contributed by atoms with Crippen molar-refractivity contribution in [3.8, 4) is 11.1 Å². The number of likely N-dealkylation sites (N-methyl/N-ethyl adjacent to an activating group) is 2. The van der Waals surface area contributed by atoms with Gasteiger partial charge in [-0.3, -0.25) is 76.7 Å². The predicted molar refractivity (Wildman–Crippen MR) is 442 cm³/mol. The molecule has 0 aliphatic carbocycles. The number of rotatable bonds is 20. The van der Waals surface area contributed by atoms with E-state index in [4.69, 9.17) is 11.5 Å². The first kappa shape index (κ1) is 95.5. The van der Waals surface area contributed by atoms with E-state index >= 15 is 9.59 Å². The van der Waals surface area contributed by atoms with Gasteiger partial charge in [-0.25, -0.2) is 0 Å². The lowest BCUT2D eigenvalue weighted by molar-refractivity contribution is -0.145. The largest absolute Gasteiger partial charge is 0.391 e. The predicted octanol–water partition coefficient (Wildman–Crippen LogP) is -0.837. The molecule has 642 valence electrons. The molecular formula is C83H117N17O17S. The summed E-state index contributed by atoms with van der Waals surface area (Å²) in [4.78, 5) is 231. The first-order chi connectivity index (χ1) is 55.8. The summed E-state index contributed by atoms with van der Waals surface area (Å²) in [6, 6.07) is 14.4. The lowest BCUT2D eigenvalue weighted by Gasteiger charge is -2.33. The lowest BCUT2D eigenvalue weighted by Crippen LogP contribution is -2.62. The van der Waals surface area contributed by atoms with Crippen LogP contribution >= 0.6 is 11.8 Å². The number of nitrogens with one attached hydrogen (secondary N) is 12. The number of aliphatic hydroxyl groups excluding tert-OH is 1. The zero-order chi connectivity index (χ0) is 87.3. The van der Waals surface area contributed by atoms with Gasteiger partial charge in [0.05, 0.1) is 24.8 Å². The van der Waals surface area contributed by atoms with Gasteiger partial charge in [-0.2, -0.15) is 0 Å². The fourth-order valence-corrected chi connectivity index (χ4v) is 14.1. The fraction of sp³-hybridized carbons (Fsp3) is 0.518. The van der Waals surface area contributed by atoms with E-state index in [0.717, 1.165) is 32.7 Å². The van der Waals surface area contributed by atoms with Gasteiger partial charge >= 0.3 is 0 Å². The number of hydrogen-bond acceptors (Lipinski definition) is 19. The molecule has 35 heteroatoms. The minimum atomic E-state index is -1.84. The molecule has 0 radical (unpaired) electrons. The molecular weight excluding hydrogens is 1540 g/mol. The molecule has 118 heavy (non-hydrogen) atoms. The Balaban J connectivity index is 1.39. The third kappa shape index (κ3) is 29.7. The van der Waals surface area contributed by atoms with Gasteiger partial charge in [0.1, 0.15) is 78.5 Å². The van der Waals surface area contributed by atoms with Crippen molar-refractivity contribution in [3.63, 3.8) is 0 Å². The maximum Gasteiger partial charge on any atom is 0.245 e. The van der Waals surface area contributed by atoms with Crippen LogP contribution in [0.25, 0.3) is 11.1 Å². The van der Waals surface area contributed by atoms with Crippen molar-refractivity contribution in [2.75, 3.05) is 45.2 Å². The number of aliphatic hydroxyl groups is 1. The van der Waals surface area contributed by atoms with Crippen LogP contribution in [0.3, 0.4) is 0 Å². The molecule has 2 saturated heterocycles. The van der Waals surface area contributed by atoms with Crippen molar-refractivity contribution in [1.29, 1.82) is 0 Å². The van der Waals surface area contributed by atoms with E-state index in [1.165, 1.54) is 53.6 Å². The normalized spacial score (nSPS) is 24.8. The van der Waals surface area contributed by atoms with Crippen LogP contribution < -0.4 is 75.3 Å². The summed E-state index contributed by atoms with van der Waals surface area (Å²) < 4.78 is 0. The summed E-state index contributed by atoms with van der Waals surface area (Å²) in [6.07, 6.45) is -1.86. The van der Waals surface area contributed by atoms with Crippen LogP contribution in [0.15, 0.2) is 115 Å². The van der Waals surface area contributed by atoms with Crippen molar-refractivity contribution in [2.45, 2.75) is 224 Å². The van der Waals surface area contributed by atoms with Crippen molar-refractivity contribution >= 4 is 106 Å². The SMILES string of the molecule is CC[C@@H]1NC(=O)[C@H](CC(N)=O)NC(=O)[C@H](C(C)C)NC(=O)[C@H](Cc2ccccc2)NC(=O)CSC[C@@H](C(=O)NCC(N)=O)NC(=O)[C@@H]2CCCN2C(=O)[C@H](C)NC(=O)[C@H](CCCCNC(C)(C)C)NC(=O)[C@H](C)N(C)C(=O)[C@H](Cc2ccc(-c3ccccc3)cc2)NC(=O)[C@H](C)N(C)C(=O)[C@H](Cc2ccccc2)NC(=O)[C@H]([C@@H](C)O)NC1=O. The third-order valence-electron chi connectivity index (χ3n) is 20.3. The molecule has 34 nitrogen and oxygen atoms in total. The summed E-state index contributed by atoms with van der Waals surface area (Å²) in [5, 5.41) is 43.2. The second-order valence-corrected chi connectivity index (χ2v) is 32.2. The molecule has 6 rings (SSSR count). The highest BCUT2D eigenvalue weighted by Gasteiger charge is 2.42. The molecule has 17 N–H and O–H groups in total. The van der Waals surface area contributed by atoms with Gasteiger partial charge in [-0.05, 0) is 127 Å². The molecule has 2 aliphatic heterocycles. The van der Waals surface area contributed by atoms with Crippen LogP contribution in [-0.4, -0.2) is 250 Å². The second-order valence-electron chi connectivity index (χ2n) is 31.2. The smallest absolute Gasteiger partial charge is 0.245 e. The first-order valence-electron chi connectivity index (χ1n) is 39.7. The quantitative estimate of drug-likeness (QED) is 0.0480.